The fourth-order valence-corrected chi connectivity index (χ4v) is 2.49. The fraction of sp³-hybridized carbons (Fsp3) is 0.133. The van der Waals surface area contributed by atoms with Crippen LogP contribution in [0, 0.1) is 0 Å². The van der Waals surface area contributed by atoms with Crippen molar-refractivity contribution < 1.29 is 13.2 Å². The van der Waals surface area contributed by atoms with Crippen molar-refractivity contribution in [1.82, 2.24) is 0 Å². The fourth-order valence-electron chi connectivity index (χ4n) is 1.86. The number of amides is 1. The first-order chi connectivity index (χ1) is 9.84. The average Bonchev–Trinajstić information content (AvgIpc) is 2.40. The summed E-state index contributed by atoms with van der Waals surface area (Å²) < 4.78 is 22.7. The summed E-state index contributed by atoms with van der Waals surface area (Å²) in [6.07, 6.45) is 1.39. The second-order valence-corrected chi connectivity index (χ2v) is 6.78. The highest BCUT2D eigenvalue weighted by Crippen LogP contribution is 2.19. The molecule has 2 aromatic carbocycles. The van der Waals surface area contributed by atoms with Gasteiger partial charge in [0.1, 0.15) is 0 Å². The van der Waals surface area contributed by atoms with E-state index < -0.39 is 9.84 Å². The molecule has 2 aromatic rings. The van der Waals surface area contributed by atoms with Crippen LogP contribution >= 0.6 is 0 Å². The lowest BCUT2D eigenvalue weighted by Crippen LogP contribution is -2.13. The van der Waals surface area contributed by atoms with Crippen LogP contribution in [0.5, 0.6) is 0 Å². The molecule has 0 radical (unpaired) electrons. The molecule has 0 aliphatic heterocycles. The summed E-state index contributed by atoms with van der Waals surface area (Å²) in [4.78, 5) is 11.1. The van der Waals surface area contributed by atoms with Crippen LogP contribution in [0.15, 0.2) is 53.4 Å². The minimum Gasteiger partial charge on any atom is -0.369 e. The normalized spacial score (nSPS) is 11.1. The van der Waals surface area contributed by atoms with Gasteiger partial charge in [-0.2, -0.15) is 0 Å². The standard InChI is InChI=1S/C15H16N2O3S/c1-21(19,20)14-8-6-13(7-9-14)17-12-4-2-11(3-5-12)10-15(16)18/h2-9,17H,10H2,1H3,(H2,16,18). The average molecular weight is 304 g/mol. The Balaban J connectivity index is 2.09. The van der Waals surface area contributed by atoms with Crippen molar-refractivity contribution >= 4 is 27.1 Å². The van der Waals surface area contributed by atoms with Crippen molar-refractivity contribution in [2.45, 2.75) is 11.3 Å². The van der Waals surface area contributed by atoms with E-state index in [1.807, 2.05) is 24.3 Å². The number of carbonyl (C=O) groups excluding carboxylic acids is 1. The van der Waals surface area contributed by atoms with Gasteiger partial charge in [0, 0.05) is 17.6 Å². The van der Waals surface area contributed by atoms with Crippen LogP contribution in [0.4, 0.5) is 11.4 Å². The summed E-state index contributed by atoms with van der Waals surface area (Å²) >= 11 is 0. The SMILES string of the molecule is CS(=O)(=O)c1ccc(Nc2ccc(CC(N)=O)cc2)cc1. The van der Waals surface area contributed by atoms with Gasteiger partial charge in [-0.15, -0.1) is 0 Å². The number of hydrogen-bond donors (Lipinski definition) is 2. The second-order valence-electron chi connectivity index (χ2n) is 4.76. The maximum Gasteiger partial charge on any atom is 0.221 e. The number of sulfone groups is 1. The molecule has 0 saturated heterocycles. The quantitative estimate of drug-likeness (QED) is 0.882. The molecule has 0 unspecified atom stereocenters. The first-order valence-electron chi connectivity index (χ1n) is 6.29. The van der Waals surface area contributed by atoms with Gasteiger partial charge in [0.15, 0.2) is 9.84 Å². The van der Waals surface area contributed by atoms with Gasteiger partial charge in [0.05, 0.1) is 11.3 Å². The lowest BCUT2D eigenvalue weighted by Gasteiger charge is -2.08. The topological polar surface area (TPSA) is 89.3 Å². The molecule has 0 bridgehead atoms. The Morgan fingerprint density at radius 3 is 1.90 bits per heavy atom. The third-order valence-corrected chi connectivity index (χ3v) is 4.03. The Morgan fingerprint density at radius 2 is 1.48 bits per heavy atom. The smallest absolute Gasteiger partial charge is 0.221 e. The van der Waals surface area contributed by atoms with Gasteiger partial charge in [-0.1, -0.05) is 12.1 Å². The first-order valence-corrected chi connectivity index (χ1v) is 8.18. The van der Waals surface area contributed by atoms with Crippen LogP contribution in [-0.4, -0.2) is 20.6 Å². The maximum atomic E-state index is 11.4. The van der Waals surface area contributed by atoms with Crippen molar-refractivity contribution in [2.75, 3.05) is 11.6 Å². The molecular weight excluding hydrogens is 288 g/mol. The van der Waals surface area contributed by atoms with Crippen LogP contribution in [0.1, 0.15) is 5.56 Å². The zero-order valence-electron chi connectivity index (χ0n) is 11.5. The minimum absolute atomic E-state index is 0.212. The van der Waals surface area contributed by atoms with Crippen molar-refractivity contribution in [3.63, 3.8) is 0 Å². The van der Waals surface area contributed by atoms with E-state index in [9.17, 15) is 13.2 Å². The third kappa shape index (κ3) is 4.32. The van der Waals surface area contributed by atoms with Crippen molar-refractivity contribution in [2.24, 2.45) is 5.73 Å². The number of nitrogens with two attached hydrogens (primary N) is 1. The zero-order chi connectivity index (χ0) is 15.5. The molecule has 0 aromatic heterocycles. The molecule has 0 saturated carbocycles. The van der Waals surface area contributed by atoms with Crippen LogP contribution < -0.4 is 11.1 Å². The van der Waals surface area contributed by atoms with Gasteiger partial charge in [0.2, 0.25) is 5.91 Å². The van der Waals surface area contributed by atoms with E-state index in [1.165, 1.54) is 6.26 Å². The molecule has 2 rings (SSSR count). The summed E-state index contributed by atoms with van der Waals surface area (Å²) in [6.45, 7) is 0. The van der Waals surface area contributed by atoms with Gasteiger partial charge >= 0.3 is 0 Å². The Bertz CT molecular complexity index is 735. The van der Waals surface area contributed by atoms with Crippen LogP contribution in [0.2, 0.25) is 0 Å². The molecule has 6 heteroatoms. The zero-order valence-corrected chi connectivity index (χ0v) is 12.4. The predicted octanol–water partition coefficient (Wildman–Crippen LogP) is 1.86. The number of anilines is 2. The molecule has 0 atom stereocenters. The molecular formula is C15H16N2O3S. The van der Waals surface area contributed by atoms with Crippen molar-refractivity contribution in [3.05, 3.63) is 54.1 Å². The molecule has 0 fully saturated rings. The van der Waals surface area contributed by atoms with E-state index in [2.05, 4.69) is 5.32 Å². The molecule has 21 heavy (non-hydrogen) atoms. The second kappa shape index (κ2) is 5.97. The molecule has 110 valence electrons. The summed E-state index contributed by atoms with van der Waals surface area (Å²) in [7, 11) is -3.18. The number of hydrogen-bond acceptors (Lipinski definition) is 4. The molecule has 3 N–H and O–H groups in total. The molecule has 0 heterocycles. The maximum absolute atomic E-state index is 11.4. The molecule has 1 amide bonds. The summed E-state index contributed by atoms with van der Waals surface area (Å²) in [5.74, 6) is -0.368. The molecule has 5 nitrogen and oxygen atoms in total. The highest BCUT2D eigenvalue weighted by atomic mass is 32.2. The molecule has 0 aliphatic rings. The van der Waals surface area contributed by atoms with E-state index in [4.69, 9.17) is 5.73 Å². The van der Waals surface area contributed by atoms with Crippen molar-refractivity contribution in [3.8, 4) is 0 Å². The lowest BCUT2D eigenvalue weighted by molar-refractivity contribution is -0.117. The minimum atomic E-state index is -3.18. The largest absolute Gasteiger partial charge is 0.369 e. The predicted molar refractivity (Wildman–Crippen MR) is 82.2 cm³/mol. The van der Waals surface area contributed by atoms with Gasteiger partial charge < -0.3 is 11.1 Å². The van der Waals surface area contributed by atoms with Gasteiger partial charge in [-0.3, -0.25) is 4.79 Å². The highest BCUT2D eigenvalue weighted by molar-refractivity contribution is 7.90. The Kier molecular flexibility index (Phi) is 4.28. The molecule has 0 spiro atoms. The van der Waals surface area contributed by atoms with Crippen molar-refractivity contribution in [1.29, 1.82) is 0 Å². The number of benzene rings is 2. The summed E-state index contributed by atoms with van der Waals surface area (Å²) in [5, 5.41) is 3.15. The van der Waals surface area contributed by atoms with Crippen LogP contribution in [0.25, 0.3) is 0 Å². The van der Waals surface area contributed by atoms with E-state index in [0.717, 1.165) is 16.9 Å². The summed E-state index contributed by atoms with van der Waals surface area (Å²) in [6, 6.07) is 13.8. The van der Waals surface area contributed by atoms with E-state index in [1.54, 1.807) is 24.3 Å². The number of primary amides is 1. The molecule has 0 aliphatic carbocycles. The van der Waals surface area contributed by atoms with Gasteiger partial charge in [0.25, 0.3) is 0 Å². The number of carbonyl (C=O) groups is 1. The lowest BCUT2D eigenvalue weighted by atomic mass is 10.1. The van der Waals surface area contributed by atoms with E-state index in [-0.39, 0.29) is 17.2 Å². The Labute approximate surface area is 123 Å². The van der Waals surface area contributed by atoms with E-state index >= 15 is 0 Å². The van der Waals surface area contributed by atoms with Crippen LogP contribution in [-0.2, 0) is 21.1 Å². The Hall–Kier alpha value is -2.34. The van der Waals surface area contributed by atoms with Gasteiger partial charge in [-0.05, 0) is 42.0 Å². The van der Waals surface area contributed by atoms with E-state index in [0.29, 0.717) is 0 Å². The van der Waals surface area contributed by atoms with Gasteiger partial charge in [-0.25, -0.2) is 8.42 Å². The highest BCUT2D eigenvalue weighted by Gasteiger charge is 2.06. The summed E-state index contributed by atoms with van der Waals surface area (Å²) in [5.41, 5.74) is 7.60. The Morgan fingerprint density at radius 1 is 1.00 bits per heavy atom. The van der Waals surface area contributed by atoms with Crippen LogP contribution in [0.3, 0.4) is 0 Å². The number of nitrogens with one attached hydrogen (secondary N) is 1. The first kappa shape index (κ1) is 15.1. The number of rotatable bonds is 5. The third-order valence-electron chi connectivity index (χ3n) is 2.90. The monoisotopic (exact) mass is 304 g/mol.